The van der Waals surface area contributed by atoms with Gasteiger partial charge in [0.25, 0.3) is 0 Å². The van der Waals surface area contributed by atoms with Crippen molar-refractivity contribution in [1.82, 2.24) is 15.3 Å². The molecule has 3 rings (SSSR count). The van der Waals surface area contributed by atoms with Crippen LogP contribution in [-0.4, -0.2) is 29.2 Å². The van der Waals surface area contributed by atoms with Crippen LogP contribution in [0.25, 0.3) is 0 Å². The number of alkyl halides is 3. The van der Waals surface area contributed by atoms with Gasteiger partial charge in [-0.3, -0.25) is 4.98 Å². The standard InChI is InChI=1S/C15H17F3N4S/c16-15(17,18)8-12-9-21-14(23-12)22-11-3-6-20-13(7-11)10-1-4-19-5-2-10/h3,6-7,9-10,19H,1-2,4-5,8H2,(H,20,21,22). The summed E-state index contributed by atoms with van der Waals surface area (Å²) in [6.07, 6.45) is -0.0577. The van der Waals surface area contributed by atoms with Crippen molar-refractivity contribution in [3.05, 3.63) is 35.1 Å². The lowest BCUT2D eigenvalue weighted by atomic mass is 9.94. The average Bonchev–Trinajstić information content (AvgIpc) is 2.93. The molecule has 3 heterocycles. The van der Waals surface area contributed by atoms with E-state index in [4.69, 9.17) is 0 Å². The molecule has 2 aromatic rings. The van der Waals surface area contributed by atoms with Crippen LogP contribution in [0.1, 0.15) is 29.3 Å². The van der Waals surface area contributed by atoms with Crippen LogP contribution < -0.4 is 10.6 Å². The Labute approximate surface area is 136 Å². The van der Waals surface area contributed by atoms with E-state index in [-0.39, 0.29) is 4.88 Å². The number of hydrogen-bond acceptors (Lipinski definition) is 5. The predicted molar refractivity (Wildman–Crippen MR) is 84.2 cm³/mol. The molecule has 8 heteroatoms. The van der Waals surface area contributed by atoms with Gasteiger partial charge in [-0.1, -0.05) is 0 Å². The molecule has 1 aliphatic rings. The molecule has 2 aromatic heterocycles. The summed E-state index contributed by atoms with van der Waals surface area (Å²) in [6, 6.07) is 3.76. The number of anilines is 2. The van der Waals surface area contributed by atoms with Crippen molar-refractivity contribution < 1.29 is 13.2 Å². The molecule has 0 atom stereocenters. The Balaban J connectivity index is 1.68. The zero-order valence-electron chi connectivity index (χ0n) is 12.4. The summed E-state index contributed by atoms with van der Waals surface area (Å²) in [5.74, 6) is 0.426. The molecular formula is C15H17F3N4S. The Kier molecular flexibility index (Phi) is 4.82. The monoisotopic (exact) mass is 342 g/mol. The van der Waals surface area contributed by atoms with Gasteiger partial charge in [0.1, 0.15) is 0 Å². The van der Waals surface area contributed by atoms with Crippen LogP contribution in [0.15, 0.2) is 24.5 Å². The molecule has 0 bridgehead atoms. The summed E-state index contributed by atoms with van der Waals surface area (Å²) in [7, 11) is 0. The van der Waals surface area contributed by atoms with Crippen molar-refractivity contribution in [2.75, 3.05) is 18.4 Å². The van der Waals surface area contributed by atoms with Crippen molar-refractivity contribution in [1.29, 1.82) is 0 Å². The summed E-state index contributed by atoms with van der Waals surface area (Å²) in [4.78, 5) is 8.64. The average molecular weight is 342 g/mol. The van der Waals surface area contributed by atoms with Gasteiger partial charge in [0.15, 0.2) is 5.13 Å². The molecule has 0 spiro atoms. The molecular weight excluding hydrogens is 325 g/mol. The summed E-state index contributed by atoms with van der Waals surface area (Å²) in [6.45, 7) is 1.97. The van der Waals surface area contributed by atoms with Crippen LogP contribution in [0, 0.1) is 0 Å². The van der Waals surface area contributed by atoms with Gasteiger partial charge in [0, 0.05) is 34.6 Å². The van der Waals surface area contributed by atoms with Gasteiger partial charge < -0.3 is 10.6 Å². The molecule has 1 fully saturated rings. The van der Waals surface area contributed by atoms with E-state index in [9.17, 15) is 13.2 Å². The first kappa shape index (κ1) is 16.2. The molecule has 1 aliphatic heterocycles. The first-order valence-corrected chi connectivity index (χ1v) is 8.26. The Morgan fingerprint density at radius 1 is 1.26 bits per heavy atom. The minimum absolute atomic E-state index is 0.202. The molecule has 0 unspecified atom stereocenters. The molecule has 0 saturated carbocycles. The van der Waals surface area contributed by atoms with Crippen molar-refractivity contribution in [2.45, 2.75) is 31.4 Å². The highest BCUT2D eigenvalue weighted by atomic mass is 32.1. The van der Waals surface area contributed by atoms with E-state index in [1.807, 2.05) is 6.07 Å². The molecule has 23 heavy (non-hydrogen) atoms. The molecule has 0 amide bonds. The van der Waals surface area contributed by atoms with Crippen LogP contribution in [-0.2, 0) is 6.42 Å². The summed E-state index contributed by atoms with van der Waals surface area (Å²) in [5, 5.41) is 6.86. The van der Waals surface area contributed by atoms with E-state index in [0.717, 1.165) is 48.6 Å². The van der Waals surface area contributed by atoms with E-state index in [2.05, 4.69) is 20.6 Å². The maximum absolute atomic E-state index is 12.4. The van der Waals surface area contributed by atoms with Gasteiger partial charge >= 0.3 is 6.18 Å². The van der Waals surface area contributed by atoms with E-state index in [0.29, 0.717) is 11.0 Å². The van der Waals surface area contributed by atoms with Gasteiger partial charge in [-0.05, 0) is 38.1 Å². The van der Waals surface area contributed by atoms with Gasteiger partial charge in [0.2, 0.25) is 0 Å². The van der Waals surface area contributed by atoms with Crippen LogP contribution in [0.3, 0.4) is 0 Å². The number of rotatable bonds is 4. The summed E-state index contributed by atoms with van der Waals surface area (Å²) >= 11 is 1.02. The smallest absolute Gasteiger partial charge is 0.331 e. The van der Waals surface area contributed by atoms with Crippen molar-refractivity contribution >= 4 is 22.2 Å². The number of thiazole rings is 1. The number of hydrogen-bond donors (Lipinski definition) is 2. The fourth-order valence-corrected chi connectivity index (χ4v) is 3.50. The van der Waals surface area contributed by atoms with Crippen LogP contribution in [0.5, 0.6) is 0 Å². The number of nitrogens with zero attached hydrogens (tertiary/aromatic N) is 2. The van der Waals surface area contributed by atoms with E-state index in [1.54, 1.807) is 12.3 Å². The number of halogens is 3. The summed E-state index contributed by atoms with van der Waals surface area (Å²) < 4.78 is 37.1. The van der Waals surface area contributed by atoms with E-state index in [1.165, 1.54) is 6.20 Å². The third-order valence-corrected chi connectivity index (χ3v) is 4.63. The quantitative estimate of drug-likeness (QED) is 0.886. The van der Waals surface area contributed by atoms with Gasteiger partial charge in [-0.2, -0.15) is 13.2 Å². The maximum Gasteiger partial charge on any atom is 0.393 e. The normalized spacial score (nSPS) is 16.5. The number of aromatic nitrogens is 2. The van der Waals surface area contributed by atoms with E-state index < -0.39 is 12.6 Å². The van der Waals surface area contributed by atoms with Crippen LogP contribution in [0.2, 0.25) is 0 Å². The van der Waals surface area contributed by atoms with Crippen molar-refractivity contribution in [3.8, 4) is 0 Å². The highest BCUT2D eigenvalue weighted by Crippen LogP contribution is 2.30. The molecule has 0 aromatic carbocycles. The first-order chi connectivity index (χ1) is 11.0. The van der Waals surface area contributed by atoms with Crippen LogP contribution in [0.4, 0.5) is 24.0 Å². The molecule has 0 radical (unpaired) electrons. The van der Waals surface area contributed by atoms with Crippen molar-refractivity contribution in [2.24, 2.45) is 0 Å². The van der Waals surface area contributed by atoms with Gasteiger partial charge in [-0.15, -0.1) is 11.3 Å². The lowest BCUT2D eigenvalue weighted by molar-refractivity contribution is -0.126. The fraction of sp³-hybridized carbons (Fsp3) is 0.467. The Morgan fingerprint density at radius 3 is 2.78 bits per heavy atom. The third kappa shape index (κ3) is 4.65. The lowest BCUT2D eigenvalue weighted by Gasteiger charge is -2.22. The van der Waals surface area contributed by atoms with Gasteiger partial charge in [-0.25, -0.2) is 4.98 Å². The first-order valence-electron chi connectivity index (χ1n) is 7.45. The maximum atomic E-state index is 12.4. The van der Waals surface area contributed by atoms with E-state index >= 15 is 0 Å². The highest BCUT2D eigenvalue weighted by Gasteiger charge is 2.28. The molecule has 1 saturated heterocycles. The Bertz CT molecular complexity index is 650. The zero-order valence-corrected chi connectivity index (χ0v) is 13.2. The second-order valence-corrected chi connectivity index (χ2v) is 6.66. The number of piperidine rings is 1. The molecule has 4 nitrogen and oxygen atoms in total. The second kappa shape index (κ2) is 6.84. The Morgan fingerprint density at radius 2 is 2.04 bits per heavy atom. The predicted octanol–water partition coefficient (Wildman–Crippen LogP) is 3.85. The van der Waals surface area contributed by atoms with Crippen LogP contribution >= 0.6 is 11.3 Å². The van der Waals surface area contributed by atoms with Crippen molar-refractivity contribution in [3.63, 3.8) is 0 Å². The number of nitrogens with one attached hydrogen (secondary N) is 2. The SMILES string of the molecule is FC(F)(F)Cc1cnc(Nc2ccnc(C3CCNCC3)c2)s1. The summed E-state index contributed by atoms with van der Waals surface area (Å²) in [5.41, 5.74) is 1.82. The minimum atomic E-state index is -4.21. The second-order valence-electron chi connectivity index (χ2n) is 5.54. The highest BCUT2D eigenvalue weighted by molar-refractivity contribution is 7.15. The molecule has 2 N–H and O–H groups in total. The molecule has 0 aliphatic carbocycles. The van der Waals surface area contributed by atoms with Gasteiger partial charge in [0.05, 0.1) is 6.42 Å². The molecule has 124 valence electrons. The Hall–Kier alpha value is -1.67. The minimum Gasteiger partial charge on any atom is -0.331 e. The number of pyridine rings is 1. The topological polar surface area (TPSA) is 49.8 Å². The largest absolute Gasteiger partial charge is 0.393 e. The third-order valence-electron chi connectivity index (χ3n) is 3.72. The fourth-order valence-electron chi connectivity index (χ4n) is 2.64. The lowest BCUT2D eigenvalue weighted by Crippen LogP contribution is -2.27. The zero-order chi connectivity index (χ0) is 16.3.